The maximum atomic E-state index is 2.70. The van der Waals surface area contributed by atoms with Gasteiger partial charge in [0.2, 0.25) is 0 Å². The molecule has 0 heterocycles. The maximum Gasteiger partial charge on any atom is 0.0642 e. The van der Waals surface area contributed by atoms with Crippen LogP contribution in [0.4, 0.5) is 34.1 Å². The van der Waals surface area contributed by atoms with Crippen molar-refractivity contribution in [1.29, 1.82) is 0 Å². The second kappa shape index (κ2) is 22.1. The monoisotopic (exact) mass is 1400 g/mol. The highest BCUT2D eigenvalue weighted by Gasteiger charge is 2.65. The molecule has 0 saturated heterocycles. The molecule has 0 radical (unpaired) electrons. The summed E-state index contributed by atoms with van der Waals surface area (Å²) in [4.78, 5) is 5.35. The van der Waals surface area contributed by atoms with Gasteiger partial charge in [-0.25, -0.2) is 0 Å². The molecule has 0 aromatic heterocycles. The summed E-state index contributed by atoms with van der Waals surface area (Å²) >= 11 is 0. The quantitative estimate of drug-likeness (QED) is 0.133. The molecule has 4 aliphatic rings. The van der Waals surface area contributed by atoms with Crippen molar-refractivity contribution in [2.45, 2.75) is 49.4 Å². The first-order chi connectivity index (χ1) is 54.1. The van der Waals surface area contributed by atoms with Crippen LogP contribution < -0.4 is 9.80 Å². The van der Waals surface area contributed by atoms with E-state index in [1.165, 1.54) is 186 Å². The Hall–Kier alpha value is -13.4. The van der Waals surface area contributed by atoms with Crippen LogP contribution in [0, 0.1) is 0 Å². The summed E-state index contributed by atoms with van der Waals surface area (Å²) < 4.78 is 0. The van der Waals surface area contributed by atoms with Gasteiger partial charge in [-0.3, -0.25) is 0 Å². The van der Waals surface area contributed by atoms with E-state index in [1.807, 2.05) is 0 Å². The van der Waals surface area contributed by atoms with Crippen LogP contribution in [0.2, 0.25) is 0 Å². The smallest absolute Gasteiger partial charge is 0.0642 e. The van der Waals surface area contributed by atoms with Gasteiger partial charge in [0.05, 0.1) is 33.6 Å². The van der Waals surface area contributed by atoms with E-state index in [4.69, 9.17) is 0 Å². The van der Waals surface area contributed by atoms with Crippen LogP contribution in [0.15, 0.2) is 364 Å². The van der Waals surface area contributed by atoms with E-state index in [1.54, 1.807) is 0 Å². The van der Waals surface area contributed by atoms with Crippen molar-refractivity contribution in [2.75, 3.05) is 9.80 Å². The molecule has 24 rings (SSSR count). The second-order valence-electron chi connectivity index (χ2n) is 32.4. The van der Waals surface area contributed by atoms with Gasteiger partial charge < -0.3 is 9.80 Å². The van der Waals surface area contributed by atoms with Crippen LogP contribution in [0.1, 0.15) is 83.3 Å². The standard InChI is InChI=1S/C108H72N2/c1-105(2)87-41-19-15-33-75(87)77-57-53-73(61-91(77)105)109(95-59-51-69-47-45-65-25-23-27-67-49-55-85(95)101(69)99(65)67)97-63-93-103(81-37-13-11-35-79(81)97)83-39-17-21-43-89(83)107(93,71-29-7-5-8-30-71)108(72-31-9-6-10-32-72)90-44-22-18-40-84(90)104-82-38-14-12-36-80(82)98(64-94(104)108)110(74-54-58-78-76-34-16-20-42-88(76)106(3,4)92(78)62-74)96-60-52-70-48-46-66-26-24-28-68-50-56-86(96)102(70)100(66)68/h5-64H,1-4H3. The largest absolute Gasteiger partial charge is 0.309 e. The molecule has 2 atom stereocenters. The highest BCUT2D eigenvalue weighted by molar-refractivity contribution is 6.28. The zero-order valence-corrected chi connectivity index (χ0v) is 61.5. The lowest BCUT2D eigenvalue weighted by atomic mass is 9.49. The average Bonchev–Trinajstić information content (AvgIpc) is 1.47. The van der Waals surface area contributed by atoms with Crippen molar-refractivity contribution >= 4 is 120 Å². The Labute approximate surface area is 639 Å². The zero-order valence-electron chi connectivity index (χ0n) is 61.5. The third kappa shape index (κ3) is 7.82. The van der Waals surface area contributed by atoms with Crippen molar-refractivity contribution in [3.63, 3.8) is 0 Å². The fourth-order valence-corrected chi connectivity index (χ4v) is 22.1. The van der Waals surface area contributed by atoms with Crippen molar-refractivity contribution in [3.8, 4) is 44.5 Å². The van der Waals surface area contributed by atoms with Gasteiger partial charge in [0.1, 0.15) is 0 Å². The number of benzene rings is 20. The molecule has 20 aromatic carbocycles. The van der Waals surface area contributed by atoms with Crippen LogP contribution in [0.3, 0.4) is 0 Å². The Morgan fingerprint density at radius 3 is 0.918 bits per heavy atom. The SMILES string of the molecule is CC1(C)c2ccccc2-c2ccc(N(c3cc4c(c5ccccc35)-c3ccccc3C4(c3ccccc3)C3(c4ccccc4)c4ccccc4-c4c3cc(N(c3ccc5c(c3)C(C)(C)c3ccccc3-5)c3ccc5ccc6cccc7ccc3c5c67)c3ccccc43)c3ccc4ccc5cccc6ccc3c4c56)cc21. The molecule has 514 valence electrons. The van der Waals surface area contributed by atoms with Crippen LogP contribution in [0.25, 0.3) is 131 Å². The van der Waals surface area contributed by atoms with Crippen LogP contribution in [-0.4, -0.2) is 0 Å². The Kier molecular flexibility index (Phi) is 12.4. The van der Waals surface area contributed by atoms with Gasteiger partial charge in [0, 0.05) is 43.7 Å². The summed E-state index contributed by atoms with van der Waals surface area (Å²) in [6.07, 6.45) is 0. The average molecular weight is 1400 g/mol. The van der Waals surface area contributed by atoms with Gasteiger partial charge in [-0.05, 0) is 213 Å². The fraction of sp³-hybridized carbons (Fsp3) is 0.0741. The number of hydrogen-bond acceptors (Lipinski definition) is 2. The van der Waals surface area contributed by atoms with E-state index < -0.39 is 10.8 Å². The Morgan fingerprint density at radius 2 is 0.509 bits per heavy atom. The van der Waals surface area contributed by atoms with Gasteiger partial charge in [0.25, 0.3) is 0 Å². The molecule has 0 bridgehead atoms. The molecule has 4 aliphatic carbocycles. The first-order valence-electron chi connectivity index (χ1n) is 39.0. The highest BCUT2D eigenvalue weighted by Crippen LogP contribution is 2.73. The number of anilines is 6. The minimum atomic E-state index is -1.02. The summed E-state index contributed by atoms with van der Waals surface area (Å²) in [5.41, 5.74) is 27.1. The molecule has 110 heavy (non-hydrogen) atoms. The van der Waals surface area contributed by atoms with Crippen molar-refractivity contribution in [2.24, 2.45) is 0 Å². The van der Waals surface area contributed by atoms with E-state index in [0.29, 0.717) is 0 Å². The molecule has 20 aromatic rings. The van der Waals surface area contributed by atoms with E-state index in [-0.39, 0.29) is 10.8 Å². The van der Waals surface area contributed by atoms with Crippen molar-refractivity contribution in [1.82, 2.24) is 0 Å². The predicted octanol–water partition coefficient (Wildman–Crippen LogP) is 28.7. The van der Waals surface area contributed by atoms with Crippen molar-refractivity contribution < 1.29 is 0 Å². The Bertz CT molecular complexity index is 6890. The second-order valence-corrected chi connectivity index (χ2v) is 32.4. The van der Waals surface area contributed by atoms with Gasteiger partial charge >= 0.3 is 0 Å². The molecule has 2 heteroatoms. The summed E-state index contributed by atoms with van der Waals surface area (Å²) in [7, 11) is 0. The highest BCUT2D eigenvalue weighted by atomic mass is 15.2. The Balaban J connectivity index is 0.858. The van der Waals surface area contributed by atoms with Crippen molar-refractivity contribution in [3.05, 3.63) is 420 Å². The van der Waals surface area contributed by atoms with Crippen LogP contribution in [0.5, 0.6) is 0 Å². The summed E-state index contributed by atoms with van der Waals surface area (Å²) in [5, 5.41) is 19.8. The van der Waals surface area contributed by atoms with Gasteiger partial charge in [-0.1, -0.05) is 343 Å². The first-order valence-corrected chi connectivity index (χ1v) is 39.0. The lowest BCUT2D eigenvalue weighted by molar-refractivity contribution is 0.438. The predicted molar refractivity (Wildman–Crippen MR) is 463 cm³/mol. The van der Waals surface area contributed by atoms with E-state index in [9.17, 15) is 0 Å². The third-order valence-electron chi connectivity index (χ3n) is 26.7. The number of nitrogens with zero attached hydrogens (tertiary/aromatic N) is 2. The first kappa shape index (κ1) is 61.7. The molecule has 0 amide bonds. The molecule has 2 unspecified atom stereocenters. The van der Waals surface area contributed by atoms with E-state index >= 15 is 0 Å². The van der Waals surface area contributed by atoms with Gasteiger partial charge in [0.15, 0.2) is 0 Å². The van der Waals surface area contributed by atoms with Crippen LogP contribution in [-0.2, 0) is 21.7 Å². The fourth-order valence-electron chi connectivity index (χ4n) is 22.1. The molecule has 0 fully saturated rings. The van der Waals surface area contributed by atoms with Gasteiger partial charge in [-0.15, -0.1) is 0 Å². The van der Waals surface area contributed by atoms with Crippen LogP contribution >= 0.6 is 0 Å². The molecule has 0 N–H and O–H groups in total. The summed E-state index contributed by atoms with van der Waals surface area (Å²) in [6, 6.07) is 142. The topological polar surface area (TPSA) is 6.48 Å². The normalized spacial score (nSPS) is 16.6. The van der Waals surface area contributed by atoms with E-state index in [2.05, 4.69) is 401 Å². The summed E-state index contributed by atoms with van der Waals surface area (Å²) in [6.45, 7) is 9.68. The molecular formula is C108H72N2. The minimum Gasteiger partial charge on any atom is -0.309 e. The lowest BCUT2D eigenvalue weighted by Crippen LogP contribution is -2.50. The zero-order chi connectivity index (χ0) is 72.7. The maximum absolute atomic E-state index is 2.70. The number of hydrogen-bond donors (Lipinski definition) is 0. The number of rotatable bonds is 9. The van der Waals surface area contributed by atoms with Gasteiger partial charge in [-0.2, -0.15) is 0 Å². The molecule has 0 saturated carbocycles. The minimum absolute atomic E-state index is 0.271. The lowest BCUT2D eigenvalue weighted by Gasteiger charge is -2.51. The third-order valence-corrected chi connectivity index (χ3v) is 26.7. The summed E-state index contributed by atoms with van der Waals surface area (Å²) in [5.74, 6) is 0. The molecule has 2 nitrogen and oxygen atoms in total. The Morgan fingerprint density at radius 1 is 0.191 bits per heavy atom. The molecule has 0 aliphatic heterocycles. The van der Waals surface area contributed by atoms with E-state index in [0.717, 1.165) is 34.1 Å². The molecular weight excluding hydrogens is 1330 g/mol. The molecule has 0 spiro atoms. The number of fused-ring (bicyclic) bond motifs is 16.